The van der Waals surface area contributed by atoms with E-state index in [0.29, 0.717) is 22.5 Å². The van der Waals surface area contributed by atoms with Crippen molar-refractivity contribution >= 4 is 39.1 Å². The summed E-state index contributed by atoms with van der Waals surface area (Å²) in [6.45, 7) is 0. The van der Waals surface area contributed by atoms with Gasteiger partial charge in [-0.2, -0.15) is 0 Å². The van der Waals surface area contributed by atoms with Crippen LogP contribution in [-0.4, -0.2) is 4.98 Å². The highest BCUT2D eigenvalue weighted by Crippen LogP contribution is 2.31. The van der Waals surface area contributed by atoms with Crippen LogP contribution in [-0.2, 0) is 5.88 Å². The van der Waals surface area contributed by atoms with E-state index in [4.69, 9.17) is 27.9 Å². The average molecular weight is 333 g/mol. The Balaban J connectivity index is 2.27. The van der Waals surface area contributed by atoms with Gasteiger partial charge in [-0.15, -0.1) is 11.6 Å². The zero-order valence-electron chi connectivity index (χ0n) is 8.66. The van der Waals surface area contributed by atoms with E-state index in [-0.39, 0.29) is 0 Å². The number of hydrogen-bond acceptors (Lipinski definition) is 2. The molecule has 0 aliphatic carbocycles. The van der Waals surface area contributed by atoms with Gasteiger partial charge in [0.2, 0.25) is 5.88 Å². The van der Waals surface area contributed by atoms with Gasteiger partial charge in [0.15, 0.2) is 0 Å². The van der Waals surface area contributed by atoms with E-state index >= 15 is 0 Å². The molecule has 0 saturated heterocycles. The molecule has 1 aromatic carbocycles. The van der Waals surface area contributed by atoms with Crippen LogP contribution in [0, 0.1) is 0 Å². The first-order valence-corrected chi connectivity index (χ1v) is 6.54. The van der Waals surface area contributed by atoms with Crippen molar-refractivity contribution in [3.8, 4) is 11.6 Å². The van der Waals surface area contributed by atoms with Crippen LogP contribution in [0.1, 0.15) is 5.69 Å². The summed E-state index contributed by atoms with van der Waals surface area (Å²) in [6, 6.07) is 10.8. The summed E-state index contributed by atoms with van der Waals surface area (Å²) in [5.74, 6) is 1.38. The Kier molecular flexibility index (Phi) is 4.26. The van der Waals surface area contributed by atoms with Gasteiger partial charge in [-0.1, -0.05) is 33.6 Å². The number of ether oxygens (including phenoxy) is 1. The second-order valence-corrected chi connectivity index (χ2v) is 4.87. The van der Waals surface area contributed by atoms with Crippen LogP contribution in [0.15, 0.2) is 40.9 Å². The lowest BCUT2D eigenvalue weighted by molar-refractivity contribution is 0.461. The highest BCUT2D eigenvalue weighted by atomic mass is 79.9. The van der Waals surface area contributed by atoms with E-state index in [1.54, 1.807) is 18.2 Å². The highest BCUT2D eigenvalue weighted by molar-refractivity contribution is 9.10. The fourth-order valence-corrected chi connectivity index (χ4v) is 1.90. The Morgan fingerprint density at radius 3 is 2.82 bits per heavy atom. The molecule has 0 amide bonds. The zero-order valence-corrected chi connectivity index (χ0v) is 11.8. The molecular weight excluding hydrogens is 325 g/mol. The molecule has 5 heteroatoms. The summed E-state index contributed by atoms with van der Waals surface area (Å²) < 4.78 is 6.49. The molecule has 0 saturated carbocycles. The number of pyridine rings is 1. The van der Waals surface area contributed by atoms with Crippen molar-refractivity contribution in [3.05, 3.63) is 51.6 Å². The second kappa shape index (κ2) is 5.71. The molecular formula is C12H8BrCl2NO. The van der Waals surface area contributed by atoms with Crippen molar-refractivity contribution in [1.29, 1.82) is 0 Å². The molecule has 17 heavy (non-hydrogen) atoms. The van der Waals surface area contributed by atoms with Crippen LogP contribution in [0.2, 0.25) is 5.02 Å². The topological polar surface area (TPSA) is 22.1 Å². The predicted molar refractivity (Wildman–Crippen MR) is 73.0 cm³/mol. The normalized spacial score (nSPS) is 10.3. The van der Waals surface area contributed by atoms with Gasteiger partial charge >= 0.3 is 0 Å². The molecule has 0 unspecified atom stereocenters. The van der Waals surface area contributed by atoms with Crippen molar-refractivity contribution in [2.24, 2.45) is 0 Å². The van der Waals surface area contributed by atoms with Gasteiger partial charge in [-0.05, 0) is 24.3 Å². The van der Waals surface area contributed by atoms with E-state index in [2.05, 4.69) is 20.9 Å². The van der Waals surface area contributed by atoms with Gasteiger partial charge in [0, 0.05) is 10.5 Å². The van der Waals surface area contributed by atoms with Gasteiger partial charge < -0.3 is 4.74 Å². The quantitative estimate of drug-likeness (QED) is 0.735. The Morgan fingerprint density at radius 2 is 2.06 bits per heavy atom. The molecule has 0 spiro atoms. The number of halogens is 3. The monoisotopic (exact) mass is 331 g/mol. The number of hydrogen-bond donors (Lipinski definition) is 0. The first-order valence-electron chi connectivity index (χ1n) is 4.84. The van der Waals surface area contributed by atoms with Crippen molar-refractivity contribution < 1.29 is 4.74 Å². The fraction of sp³-hybridized carbons (Fsp3) is 0.0833. The summed E-state index contributed by atoms with van der Waals surface area (Å²) in [5, 5.41) is 0.534. The lowest BCUT2D eigenvalue weighted by atomic mass is 10.3. The SMILES string of the molecule is ClCc1cccc(Oc2cc(Br)ccc2Cl)n1. The van der Waals surface area contributed by atoms with Crippen molar-refractivity contribution in [1.82, 2.24) is 4.98 Å². The molecule has 0 fully saturated rings. The lowest BCUT2D eigenvalue weighted by Crippen LogP contribution is -1.91. The summed E-state index contributed by atoms with van der Waals surface area (Å²) in [7, 11) is 0. The van der Waals surface area contributed by atoms with Crippen LogP contribution in [0.4, 0.5) is 0 Å². The van der Waals surface area contributed by atoms with Crippen LogP contribution < -0.4 is 4.74 Å². The van der Waals surface area contributed by atoms with Crippen molar-refractivity contribution in [2.75, 3.05) is 0 Å². The number of rotatable bonds is 3. The molecule has 0 radical (unpaired) electrons. The minimum atomic E-state index is 0.351. The average Bonchev–Trinajstić information content (AvgIpc) is 2.34. The van der Waals surface area contributed by atoms with Crippen LogP contribution in [0.5, 0.6) is 11.6 Å². The van der Waals surface area contributed by atoms with E-state index < -0.39 is 0 Å². The van der Waals surface area contributed by atoms with E-state index in [0.717, 1.165) is 10.2 Å². The Labute approximate surface area is 118 Å². The number of aromatic nitrogens is 1. The Morgan fingerprint density at radius 1 is 1.24 bits per heavy atom. The number of benzene rings is 1. The van der Waals surface area contributed by atoms with Gasteiger partial charge in [0.25, 0.3) is 0 Å². The predicted octanol–water partition coefficient (Wildman–Crippen LogP) is 5.03. The first kappa shape index (κ1) is 12.7. The lowest BCUT2D eigenvalue weighted by Gasteiger charge is -2.07. The minimum Gasteiger partial charge on any atom is -0.437 e. The number of alkyl halides is 1. The standard InChI is InChI=1S/C12H8BrCl2NO/c13-8-4-5-10(15)11(6-8)17-12-3-1-2-9(7-14)16-12/h1-6H,7H2. The van der Waals surface area contributed by atoms with Gasteiger partial charge in [-0.25, -0.2) is 4.98 Å². The van der Waals surface area contributed by atoms with Gasteiger partial charge in [0.1, 0.15) is 5.75 Å². The maximum absolute atomic E-state index is 6.02. The molecule has 0 N–H and O–H groups in total. The molecule has 2 aromatic rings. The summed E-state index contributed by atoms with van der Waals surface area (Å²) >= 11 is 15.1. The zero-order chi connectivity index (χ0) is 12.3. The third-order valence-corrected chi connectivity index (χ3v) is 3.11. The van der Waals surface area contributed by atoms with Crippen LogP contribution in [0.25, 0.3) is 0 Å². The molecule has 2 nitrogen and oxygen atoms in total. The maximum atomic E-state index is 6.02. The van der Waals surface area contributed by atoms with Crippen LogP contribution >= 0.6 is 39.1 Å². The molecule has 88 valence electrons. The number of nitrogens with zero attached hydrogens (tertiary/aromatic N) is 1. The molecule has 1 heterocycles. The maximum Gasteiger partial charge on any atom is 0.219 e. The molecule has 1 aromatic heterocycles. The Bertz CT molecular complexity index is 534. The van der Waals surface area contributed by atoms with E-state index in [9.17, 15) is 0 Å². The van der Waals surface area contributed by atoms with Crippen molar-refractivity contribution in [2.45, 2.75) is 5.88 Å². The minimum absolute atomic E-state index is 0.351. The summed E-state index contributed by atoms with van der Waals surface area (Å²) in [4.78, 5) is 4.23. The van der Waals surface area contributed by atoms with E-state index in [1.165, 1.54) is 0 Å². The van der Waals surface area contributed by atoms with Crippen LogP contribution in [0.3, 0.4) is 0 Å². The Hall–Kier alpha value is -0.770. The molecule has 0 atom stereocenters. The molecule has 0 aliphatic heterocycles. The smallest absolute Gasteiger partial charge is 0.219 e. The first-order chi connectivity index (χ1) is 8.19. The second-order valence-electron chi connectivity index (χ2n) is 3.28. The van der Waals surface area contributed by atoms with Gasteiger partial charge in [0.05, 0.1) is 16.6 Å². The summed E-state index contributed by atoms with van der Waals surface area (Å²) in [6.07, 6.45) is 0. The van der Waals surface area contributed by atoms with Gasteiger partial charge in [-0.3, -0.25) is 0 Å². The molecule has 2 rings (SSSR count). The third-order valence-electron chi connectivity index (χ3n) is 2.03. The third kappa shape index (κ3) is 3.35. The molecule has 0 aliphatic rings. The van der Waals surface area contributed by atoms with Crippen molar-refractivity contribution in [3.63, 3.8) is 0 Å². The largest absolute Gasteiger partial charge is 0.437 e. The fourth-order valence-electron chi connectivity index (χ4n) is 1.26. The summed E-state index contributed by atoms with van der Waals surface area (Å²) in [5.41, 5.74) is 0.760. The molecule has 0 bridgehead atoms. The highest BCUT2D eigenvalue weighted by Gasteiger charge is 2.05. The van der Waals surface area contributed by atoms with E-state index in [1.807, 2.05) is 18.2 Å².